The quantitative estimate of drug-likeness (QED) is 0.457. The van der Waals surface area contributed by atoms with Crippen molar-refractivity contribution >= 4 is 0 Å². The Bertz CT molecular complexity index is 77.9. The highest BCUT2D eigenvalue weighted by Crippen LogP contribution is 1.95. The Labute approximate surface area is 77.6 Å². The molecule has 0 aliphatic heterocycles. The molecule has 0 aromatic heterocycles. The van der Waals surface area contributed by atoms with Crippen molar-refractivity contribution in [1.29, 1.82) is 0 Å². The van der Waals surface area contributed by atoms with E-state index in [1.165, 1.54) is 0 Å². The second kappa shape index (κ2) is 13.3. The number of rotatable bonds is 6. The normalized spacial score (nSPS) is 10.8. The molecule has 76 valence electrons. The first-order chi connectivity index (χ1) is 4.85. The van der Waals surface area contributed by atoms with E-state index in [1.807, 2.05) is 0 Å². The molecule has 0 heterocycles. The third-order valence-electron chi connectivity index (χ3n) is 1.33. The summed E-state index contributed by atoms with van der Waals surface area (Å²) in [7, 11) is 1.70. The average molecular weight is 176 g/mol. The summed E-state index contributed by atoms with van der Waals surface area (Å²) >= 11 is 0. The smallest absolute Gasteiger partial charge is 0.0802 e. The highest BCUT2D eigenvalue weighted by molar-refractivity contribution is 4.64. The first-order valence-corrected chi connectivity index (χ1v) is 3.56. The molecule has 0 bridgehead atoms. The Hall–Kier alpha value is -0.340. The molecule has 0 N–H and O–H groups in total. The van der Waals surface area contributed by atoms with Gasteiger partial charge in [-0.2, -0.15) is 0 Å². The Morgan fingerprint density at radius 2 is 2.00 bits per heavy atom. The van der Waals surface area contributed by atoms with Gasteiger partial charge in [-0.15, -0.1) is 6.58 Å². The van der Waals surface area contributed by atoms with Crippen LogP contribution in [0, 0.1) is 0 Å². The number of hydrogen-bond donors (Lipinski definition) is 0. The van der Waals surface area contributed by atoms with Crippen LogP contribution in [-0.2, 0) is 9.47 Å². The molecule has 0 rings (SSSR count). The summed E-state index contributed by atoms with van der Waals surface area (Å²) < 4.78 is 10.3. The molecule has 0 saturated carbocycles. The van der Waals surface area contributed by atoms with Gasteiger partial charge in [0, 0.05) is 7.11 Å². The Kier molecular flexibility index (Phi) is 19.5. The van der Waals surface area contributed by atoms with Gasteiger partial charge >= 0.3 is 0 Å². The van der Waals surface area contributed by atoms with Crippen molar-refractivity contribution in [3.8, 4) is 0 Å². The van der Waals surface area contributed by atoms with Crippen molar-refractivity contribution in [2.45, 2.75) is 34.3 Å². The van der Waals surface area contributed by atoms with Gasteiger partial charge in [0.05, 0.1) is 19.3 Å². The van der Waals surface area contributed by atoms with Gasteiger partial charge in [0.1, 0.15) is 0 Å². The van der Waals surface area contributed by atoms with Crippen LogP contribution in [0.3, 0.4) is 0 Å². The Balaban J connectivity index is -0.000000405. The van der Waals surface area contributed by atoms with Crippen LogP contribution < -0.4 is 0 Å². The lowest BCUT2D eigenvalue weighted by Crippen LogP contribution is -2.16. The van der Waals surface area contributed by atoms with Crippen LogP contribution in [0.5, 0.6) is 0 Å². The monoisotopic (exact) mass is 176 g/mol. The SMILES string of the molecule is C.C.C=CCOCC(CC)OC. The van der Waals surface area contributed by atoms with E-state index >= 15 is 0 Å². The fourth-order valence-corrected chi connectivity index (χ4v) is 0.635. The third kappa shape index (κ3) is 9.66. The van der Waals surface area contributed by atoms with Crippen molar-refractivity contribution in [2.24, 2.45) is 0 Å². The molecular weight excluding hydrogens is 152 g/mol. The zero-order valence-corrected chi connectivity index (χ0v) is 6.80. The van der Waals surface area contributed by atoms with Crippen molar-refractivity contribution in [3.05, 3.63) is 12.7 Å². The Morgan fingerprint density at radius 3 is 2.33 bits per heavy atom. The summed E-state index contributed by atoms with van der Waals surface area (Å²) in [5, 5.41) is 0. The molecule has 2 nitrogen and oxygen atoms in total. The zero-order valence-electron chi connectivity index (χ0n) is 6.80. The van der Waals surface area contributed by atoms with Crippen molar-refractivity contribution < 1.29 is 9.47 Å². The summed E-state index contributed by atoms with van der Waals surface area (Å²) in [5.41, 5.74) is 0. The number of hydrogen-bond acceptors (Lipinski definition) is 2. The van der Waals surface area contributed by atoms with E-state index in [0.717, 1.165) is 6.42 Å². The maximum atomic E-state index is 5.18. The maximum Gasteiger partial charge on any atom is 0.0802 e. The molecule has 0 aliphatic carbocycles. The van der Waals surface area contributed by atoms with Crippen molar-refractivity contribution in [1.82, 2.24) is 0 Å². The van der Waals surface area contributed by atoms with Gasteiger partial charge in [-0.05, 0) is 6.42 Å². The predicted octanol–water partition coefficient (Wildman–Crippen LogP) is 2.89. The first-order valence-electron chi connectivity index (χ1n) is 3.56. The fourth-order valence-electron chi connectivity index (χ4n) is 0.635. The summed E-state index contributed by atoms with van der Waals surface area (Å²) in [6.07, 6.45) is 2.97. The van der Waals surface area contributed by atoms with Crippen molar-refractivity contribution in [3.63, 3.8) is 0 Å². The molecule has 0 fully saturated rings. The van der Waals surface area contributed by atoms with Crippen LogP contribution in [0.25, 0.3) is 0 Å². The van der Waals surface area contributed by atoms with E-state index in [0.29, 0.717) is 13.2 Å². The molecule has 1 unspecified atom stereocenters. The van der Waals surface area contributed by atoms with Gasteiger partial charge in [-0.25, -0.2) is 0 Å². The predicted molar refractivity (Wildman–Crippen MR) is 55.6 cm³/mol. The lowest BCUT2D eigenvalue weighted by molar-refractivity contribution is 0.0158. The minimum atomic E-state index is 0. The lowest BCUT2D eigenvalue weighted by atomic mass is 10.3. The molecular formula is C10H24O2. The molecule has 1 atom stereocenters. The molecule has 0 saturated heterocycles. The van der Waals surface area contributed by atoms with Crippen LogP contribution in [0.1, 0.15) is 28.2 Å². The summed E-state index contributed by atoms with van der Waals surface area (Å²) in [4.78, 5) is 0. The van der Waals surface area contributed by atoms with Crippen molar-refractivity contribution in [2.75, 3.05) is 20.3 Å². The minimum Gasteiger partial charge on any atom is -0.379 e. The molecule has 2 heteroatoms. The third-order valence-corrected chi connectivity index (χ3v) is 1.33. The van der Waals surface area contributed by atoms with E-state index in [-0.39, 0.29) is 21.0 Å². The zero-order chi connectivity index (χ0) is 7.82. The van der Waals surface area contributed by atoms with Crippen LogP contribution >= 0.6 is 0 Å². The second-order valence-corrected chi connectivity index (χ2v) is 2.09. The summed E-state index contributed by atoms with van der Waals surface area (Å²) in [6.45, 7) is 6.89. The van der Waals surface area contributed by atoms with E-state index in [1.54, 1.807) is 13.2 Å². The lowest BCUT2D eigenvalue weighted by Gasteiger charge is -2.11. The first kappa shape index (κ1) is 17.7. The van der Waals surface area contributed by atoms with E-state index in [4.69, 9.17) is 9.47 Å². The maximum absolute atomic E-state index is 5.18. The molecule has 12 heavy (non-hydrogen) atoms. The largest absolute Gasteiger partial charge is 0.379 e. The average Bonchev–Trinajstić information content (AvgIpc) is 1.99. The topological polar surface area (TPSA) is 18.5 Å². The van der Waals surface area contributed by atoms with Crippen LogP contribution in [0.4, 0.5) is 0 Å². The van der Waals surface area contributed by atoms with Gasteiger partial charge in [0.25, 0.3) is 0 Å². The van der Waals surface area contributed by atoms with Crippen LogP contribution in [0.15, 0.2) is 12.7 Å². The highest BCUT2D eigenvalue weighted by atomic mass is 16.5. The van der Waals surface area contributed by atoms with Gasteiger partial charge in [0.15, 0.2) is 0 Å². The van der Waals surface area contributed by atoms with E-state index < -0.39 is 0 Å². The Morgan fingerprint density at radius 1 is 1.42 bits per heavy atom. The number of ether oxygens (including phenoxy) is 2. The van der Waals surface area contributed by atoms with Crippen LogP contribution in [-0.4, -0.2) is 26.4 Å². The minimum absolute atomic E-state index is 0. The van der Waals surface area contributed by atoms with Crippen LogP contribution in [0.2, 0.25) is 0 Å². The molecule has 0 amide bonds. The van der Waals surface area contributed by atoms with E-state index in [2.05, 4.69) is 13.5 Å². The van der Waals surface area contributed by atoms with Gasteiger partial charge in [-0.3, -0.25) is 0 Å². The second-order valence-electron chi connectivity index (χ2n) is 2.09. The molecule has 0 aliphatic rings. The molecule has 0 aromatic carbocycles. The molecule has 0 aromatic rings. The van der Waals surface area contributed by atoms with E-state index in [9.17, 15) is 0 Å². The van der Waals surface area contributed by atoms with Gasteiger partial charge in [0.2, 0.25) is 0 Å². The fraction of sp³-hybridized carbons (Fsp3) is 0.800. The number of methoxy groups -OCH3 is 1. The van der Waals surface area contributed by atoms with Gasteiger partial charge < -0.3 is 9.47 Å². The summed E-state index contributed by atoms with van der Waals surface area (Å²) in [5.74, 6) is 0. The molecule has 0 radical (unpaired) electrons. The summed E-state index contributed by atoms with van der Waals surface area (Å²) in [6, 6.07) is 0. The standard InChI is InChI=1S/C8H16O2.2CH4/c1-4-6-10-7-8(5-2)9-3;;/h4,8H,1,5-7H2,2-3H3;2*1H4. The molecule has 0 spiro atoms. The highest BCUT2D eigenvalue weighted by Gasteiger charge is 2.01. The van der Waals surface area contributed by atoms with Gasteiger partial charge in [-0.1, -0.05) is 27.9 Å².